The Labute approximate surface area is 142 Å². The molecule has 0 saturated carbocycles. The van der Waals surface area contributed by atoms with Crippen molar-refractivity contribution in [3.05, 3.63) is 57.3 Å². The third-order valence-corrected chi connectivity index (χ3v) is 5.65. The number of aryl methyl sites for hydroxylation is 2. The summed E-state index contributed by atoms with van der Waals surface area (Å²) in [6.45, 7) is 8.61. The summed E-state index contributed by atoms with van der Waals surface area (Å²) in [6.07, 6.45) is 0.621. The van der Waals surface area contributed by atoms with Crippen LogP contribution in [0.4, 0.5) is 0 Å². The van der Waals surface area contributed by atoms with E-state index in [1.807, 2.05) is 22.3 Å². The SMILES string of the molecule is Cc1ccccc1CN1CCN(Cc2sccc2C)CCC1=O. The first-order valence-electron chi connectivity index (χ1n) is 8.21. The zero-order valence-corrected chi connectivity index (χ0v) is 14.7. The van der Waals surface area contributed by atoms with Crippen molar-refractivity contribution in [1.82, 2.24) is 9.80 Å². The summed E-state index contributed by atoms with van der Waals surface area (Å²) in [5.74, 6) is 0.277. The van der Waals surface area contributed by atoms with E-state index in [2.05, 4.69) is 48.4 Å². The molecule has 0 radical (unpaired) electrons. The fourth-order valence-corrected chi connectivity index (χ4v) is 3.95. The van der Waals surface area contributed by atoms with E-state index in [0.717, 1.165) is 32.7 Å². The molecule has 0 aliphatic carbocycles. The molecule has 1 fully saturated rings. The first kappa shape index (κ1) is 16.2. The van der Waals surface area contributed by atoms with Gasteiger partial charge in [-0.2, -0.15) is 0 Å². The lowest BCUT2D eigenvalue weighted by Crippen LogP contribution is -2.32. The summed E-state index contributed by atoms with van der Waals surface area (Å²) in [5.41, 5.74) is 3.88. The number of thiophene rings is 1. The molecule has 1 saturated heterocycles. The summed E-state index contributed by atoms with van der Waals surface area (Å²) < 4.78 is 0. The Morgan fingerprint density at radius 1 is 1.00 bits per heavy atom. The first-order valence-corrected chi connectivity index (χ1v) is 9.09. The fourth-order valence-electron chi connectivity index (χ4n) is 3.00. The van der Waals surface area contributed by atoms with Crippen LogP contribution in [0.3, 0.4) is 0 Å². The summed E-state index contributed by atoms with van der Waals surface area (Å²) in [7, 11) is 0. The van der Waals surface area contributed by atoms with Gasteiger partial charge in [-0.1, -0.05) is 24.3 Å². The number of amides is 1. The average Bonchev–Trinajstić information content (AvgIpc) is 2.86. The molecular weight excluding hydrogens is 304 g/mol. The van der Waals surface area contributed by atoms with Gasteiger partial charge >= 0.3 is 0 Å². The molecule has 3 nitrogen and oxygen atoms in total. The molecule has 0 unspecified atom stereocenters. The highest BCUT2D eigenvalue weighted by Gasteiger charge is 2.21. The Kier molecular flexibility index (Phi) is 5.13. The maximum Gasteiger partial charge on any atom is 0.224 e. The van der Waals surface area contributed by atoms with Crippen LogP contribution in [-0.2, 0) is 17.9 Å². The van der Waals surface area contributed by atoms with Crippen molar-refractivity contribution >= 4 is 17.2 Å². The number of hydrogen-bond donors (Lipinski definition) is 0. The summed E-state index contributed by atoms with van der Waals surface area (Å²) in [6, 6.07) is 10.5. The Bertz CT molecular complexity index is 680. The van der Waals surface area contributed by atoms with Crippen molar-refractivity contribution in [1.29, 1.82) is 0 Å². The van der Waals surface area contributed by atoms with Gasteiger partial charge in [0.2, 0.25) is 5.91 Å². The zero-order valence-electron chi connectivity index (χ0n) is 13.9. The van der Waals surface area contributed by atoms with E-state index in [-0.39, 0.29) is 5.91 Å². The van der Waals surface area contributed by atoms with E-state index in [1.54, 1.807) is 0 Å². The molecule has 1 aromatic carbocycles. The van der Waals surface area contributed by atoms with Gasteiger partial charge < -0.3 is 4.90 Å². The van der Waals surface area contributed by atoms with Gasteiger partial charge in [0.15, 0.2) is 0 Å². The first-order chi connectivity index (χ1) is 11.1. The van der Waals surface area contributed by atoms with Gasteiger partial charge in [-0.3, -0.25) is 9.69 Å². The summed E-state index contributed by atoms with van der Waals surface area (Å²) in [5, 5.41) is 2.15. The largest absolute Gasteiger partial charge is 0.337 e. The predicted molar refractivity (Wildman–Crippen MR) is 95.5 cm³/mol. The van der Waals surface area contributed by atoms with Crippen molar-refractivity contribution in [2.24, 2.45) is 0 Å². The minimum Gasteiger partial charge on any atom is -0.337 e. The second-order valence-electron chi connectivity index (χ2n) is 6.29. The van der Waals surface area contributed by atoms with Crippen molar-refractivity contribution in [2.75, 3.05) is 19.6 Å². The minimum atomic E-state index is 0.277. The van der Waals surface area contributed by atoms with Gasteiger partial charge in [0.1, 0.15) is 0 Å². The van der Waals surface area contributed by atoms with Crippen LogP contribution < -0.4 is 0 Å². The van der Waals surface area contributed by atoms with Crippen LogP contribution >= 0.6 is 11.3 Å². The van der Waals surface area contributed by atoms with Crippen molar-refractivity contribution in [2.45, 2.75) is 33.4 Å². The molecule has 1 aliphatic rings. The topological polar surface area (TPSA) is 23.6 Å². The average molecular weight is 328 g/mol. The highest BCUT2D eigenvalue weighted by atomic mass is 32.1. The lowest BCUT2D eigenvalue weighted by molar-refractivity contribution is -0.130. The normalized spacial score (nSPS) is 16.6. The van der Waals surface area contributed by atoms with Crippen molar-refractivity contribution in [3.8, 4) is 0 Å². The highest BCUT2D eigenvalue weighted by molar-refractivity contribution is 7.10. The number of carbonyl (C=O) groups is 1. The van der Waals surface area contributed by atoms with E-state index in [4.69, 9.17) is 0 Å². The van der Waals surface area contributed by atoms with Crippen LogP contribution in [0.25, 0.3) is 0 Å². The van der Waals surface area contributed by atoms with E-state index in [0.29, 0.717) is 6.42 Å². The van der Waals surface area contributed by atoms with E-state index < -0.39 is 0 Å². The molecule has 0 spiro atoms. The molecule has 2 heterocycles. The van der Waals surface area contributed by atoms with Gasteiger partial charge in [-0.25, -0.2) is 0 Å². The standard InChI is InChI=1S/C19H24N2OS/c1-15-5-3-4-6-17(15)13-21-11-10-20(9-7-19(21)22)14-18-16(2)8-12-23-18/h3-6,8,12H,7,9-11,13-14H2,1-2H3. The lowest BCUT2D eigenvalue weighted by Gasteiger charge is -2.23. The second kappa shape index (κ2) is 7.28. The maximum absolute atomic E-state index is 12.4. The van der Waals surface area contributed by atoms with Gasteiger partial charge in [0.05, 0.1) is 0 Å². The Balaban J connectivity index is 1.63. The predicted octanol–water partition coefficient (Wildman–Crippen LogP) is 3.60. The van der Waals surface area contributed by atoms with Crippen molar-refractivity contribution in [3.63, 3.8) is 0 Å². The van der Waals surface area contributed by atoms with Gasteiger partial charge in [0.25, 0.3) is 0 Å². The molecule has 0 N–H and O–H groups in total. The summed E-state index contributed by atoms with van der Waals surface area (Å²) >= 11 is 1.82. The molecule has 1 amide bonds. The number of nitrogens with zero attached hydrogens (tertiary/aromatic N) is 2. The number of hydrogen-bond acceptors (Lipinski definition) is 3. The smallest absolute Gasteiger partial charge is 0.224 e. The molecule has 0 bridgehead atoms. The third kappa shape index (κ3) is 4.01. The Hall–Kier alpha value is -1.65. The molecule has 4 heteroatoms. The third-order valence-electron chi connectivity index (χ3n) is 4.64. The molecule has 122 valence electrons. The molecule has 23 heavy (non-hydrogen) atoms. The summed E-state index contributed by atoms with van der Waals surface area (Å²) in [4.78, 5) is 18.3. The molecule has 1 aromatic heterocycles. The highest BCUT2D eigenvalue weighted by Crippen LogP contribution is 2.20. The van der Waals surface area contributed by atoms with Crippen LogP contribution in [0.5, 0.6) is 0 Å². The van der Waals surface area contributed by atoms with E-state index >= 15 is 0 Å². The molecule has 0 atom stereocenters. The van der Waals surface area contributed by atoms with E-state index in [9.17, 15) is 4.79 Å². The fraction of sp³-hybridized carbons (Fsp3) is 0.421. The second-order valence-corrected chi connectivity index (χ2v) is 7.30. The van der Waals surface area contributed by atoms with Gasteiger partial charge in [0, 0.05) is 44.0 Å². The number of carbonyl (C=O) groups excluding carboxylic acids is 1. The number of rotatable bonds is 4. The van der Waals surface area contributed by atoms with Crippen LogP contribution in [0, 0.1) is 13.8 Å². The monoisotopic (exact) mass is 328 g/mol. The Morgan fingerprint density at radius 3 is 2.57 bits per heavy atom. The van der Waals surface area contributed by atoms with E-state index in [1.165, 1.54) is 21.6 Å². The van der Waals surface area contributed by atoms with Crippen LogP contribution in [0.2, 0.25) is 0 Å². The van der Waals surface area contributed by atoms with Crippen LogP contribution in [-0.4, -0.2) is 35.3 Å². The quantitative estimate of drug-likeness (QED) is 0.856. The Morgan fingerprint density at radius 2 is 1.83 bits per heavy atom. The molecule has 2 aromatic rings. The lowest BCUT2D eigenvalue weighted by atomic mass is 10.1. The van der Waals surface area contributed by atoms with Crippen LogP contribution in [0.1, 0.15) is 28.0 Å². The molecule has 1 aliphatic heterocycles. The van der Waals surface area contributed by atoms with Gasteiger partial charge in [-0.15, -0.1) is 11.3 Å². The number of benzene rings is 1. The minimum absolute atomic E-state index is 0.277. The van der Waals surface area contributed by atoms with Crippen LogP contribution in [0.15, 0.2) is 35.7 Å². The molecule has 3 rings (SSSR count). The zero-order chi connectivity index (χ0) is 16.2. The molecular formula is C19H24N2OS. The maximum atomic E-state index is 12.4. The van der Waals surface area contributed by atoms with Gasteiger partial charge in [-0.05, 0) is 42.0 Å². The van der Waals surface area contributed by atoms with Crippen molar-refractivity contribution < 1.29 is 4.79 Å².